The van der Waals surface area contributed by atoms with Crippen LogP contribution in [0.15, 0.2) is 0 Å². The third-order valence-electron chi connectivity index (χ3n) is 4.79. The summed E-state index contributed by atoms with van der Waals surface area (Å²) < 4.78 is 0. The highest BCUT2D eigenvalue weighted by molar-refractivity contribution is 5.78. The number of carbonyl (C=O) groups excluding carboxylic acids is 1. The highest BCUT2D eigenvalue weighted by Gasteiger charge is 2.29. The molecule has 0 radical (unpaired) electrons. The van der Waals surface area contributed by atoms with Gasteiger partial charge in [0.25, 0.3) is 0 Å². The lowest BCUT2D eigenvalue weighted by atomic mass is 9.92. The van der Waals surface area contributed by atoms with Gasteiger partial charge in [0, 0.05) is 19.6 Å². The predicted molar refractivity (Wildman–Crippen MR) is 80.4 cm³/mol. The van der Waals surface area contributed by atoms with E-state index >= 15 is 0 Å². The van der Waals surface area contributed by atoms with Crippen LogP contribution in [0.1, 0.15) is 39.5 Å². The van der Waals surface area contributed by atoms with Gasteiger partial charge in [0.15, 0.2) is 0 Å². The molecular formula is C16H30N2O2. The number of aliphatic hydroxyl groups is 1. The minimum Gasteiger partial charge on any atom is -0.393 e. The Hall–Kier alpha value is -0.610. The molecule has 1 saturated carbocycles. The van der Waals surface area contributed by atoms with Crippen LogP contribution in [0, 0.1) is 17.8 Å². The molecule has 1 N–H and O–H groups in total. The molecule has 4 heteroatoms. The number of hydrogen-bond acceptors (Lipinski definition) is 3. The van der Waals surface area contributed by atoms with E-state index < -0.39 is 0 Å². The second-order valence-electron chi connectivity index (χ2n) is 7.20. The van der Waals surface area contributed by atoms with Crippen LogP contribution in [0.25, 0.3) is 0 Å². The van der Waals surface area contributed by atoms with Gasteiger partial charge in [-0.15, -0.1) is 0 Å². The van der Waals surface area contributed by atoms with E-state index in [1.54, 1.807) is 0 Å². The third kappa shape index (κ3) is 4.19. The first kappa shape index (κ1) is 15.8. The molecule has 1 heterocycles. The van der Waals surface area contributed by atoms with Crippen molar-refractivity contribution in [1.82, 2.24) is 9.80 Å². The van der Waals surface area contributed by atoms with Gasteiger partial charge in [-0.2, -0.15) is 0 Å². The van der Waals surface area contributed by atoms with E-state index in [0.717, 1.165) is 38.9 Å². The second-order valence-corrected chi connectivity index (χ2v) is 7.20. The van der Waals surface area contributed by atoms with Gasteiger partial charge >= 0.3 is 0 Å². The molecule has 4 unspecified atom stereocenters. The third-order valence-corrected chi connectivity index (χ3v) is 4.79. The first-order chi connectivity index (χ1) is 9.45. The van der Waals surface area contributed by atoms with Gasteiger partial charge in [-0.25, -0.2) is 0 Å². The quantitative estimate of drug-likeness (QED) is 0.851. The number of hydrogen-bond donors (Lipinski definition) is 1. The minimum absolute atomic E-state index is 0.164. The molecule has 1 aliphatic heterocycles. The first-order valence-electron chi connectivity index (χ1n) is 8.10. The Morgan fingerprint density at radius 1 is 1.25 bits per heavy atom. The monoisotopic (exact) mass is 282 g/mol. The van der Waals surface area contributed by atoms with Crippen LogP contribution in [0.2, 0.25) is 0 Å². The van der Waals surface area contributed by atoms with Crippen molar-refractivity contribution in [3.8, 4) is 0 Å². The van der Waals surface area contributed by atoms with E-state index in [9.17, 15) is 9.90 Å². The Bertz CT molecular complexity index is 324. The van der Waals surface area contributed by atoms with E-state index in [4.69, 9.17) is 0 Å². The van der Waals surface area contributed by atoms with Crippen LogP contribution in [0.3, 0.4) is 0 Å². The smallest absolute Gasteiger partial charge is 0.236 e. The van der Waals surface area contributed by atoms with E-state index in [1.807, 2.05) is 11.9 Å². The van der Waals surface area contributed by atoms with Gasteiger partial charge in [0.05, 0.1) is 12.6 Å². The molecule has 0 spiro atoms. The first-order valence-corrected chi connectivity index (χ1v) is 8.10. The van der Waals surface area contributed by atoms with Crippen molar-refractivity contribution < 1.29 is 9.90 Å². The average Bonchev–Trinajstić information content (AvgIpc) is 2.73. The van der Waals surface area contributed by atoms with E-state index in [-0.39, 0.29) is 12.0 Å². The van der Waals surface area contributed by atoms with Crippen molar-refractivity contribution in [2.75, 3.05) is 33.2 Å². The van der Waals surface area contributed by atoms with Crippen molar-refractivity contribution >= 4 is 5.91 Å². The fourth-order valence-corrected chi connectivity index (χ4v) is 3.89. The minimum atomic E-state index is -0.164. The lowest BCUT2D eigenvalue weighted by molar-refractivity contribution is -0.135. The summed E-state index contributed by atoms with van der Waals surface area (Å²) in [7, 11) is 2.00. The summed E-state index contributed by atoms with van der Waals surface area (Å²) in [6.45, 7) is 7.60. The number of nitrogens with zero attached hydrogens (tertiary/aromatic N) is 2. The summed E-state index contributed by atoms with van der Waals surface area (Å²) >= 11 is 0. The number of amides is 1. The summed E-state index contributed by atoms with van der Waals surface area (Å²) in [4.78, 5) is 16.5. The SMILES string of the molecule is CC1CC(C)CN(C(=O)CN(C)CC2CCCC2O)C1. The summed E-state index contributed by atoms with van der Waals surface area (Å²) in [6.07, 6.45) is 4.20. The summed E-state index contributed by atoms with van der Waals surface area (Å²) in [5, 5.41) is 9.87. The molecule has 0 aromatic carbocycles. The summed E-state index contributed by atoms with van der Waals surface area (Å²) in [5.41, 5.74) is 0. The van der Waals surface area contributed by atoms with Gasteiger partial charge in [-0.1, -0.05) is 20.3 Å². The summed E-state index contributed by atoms with van der Waals surface area (Å²) in [5.74, 6) is 1.83. The second kappa shape index (κ2) is 6.90. The predicted octanol–water partition coefficient (Wildman–Crippen LogP) is 1.58. The molecule has 20 heavy (non-hydrogen) atoms. The van der Waals surface area contributed by atoms with E-state index in [0.29, 0.717) is 24.3 Å². The molecule has 4 nitrogen and oxygen atoms in total. The van der Waals surface area contributed by atoms with E-state index in [1.165, 1.54) is 6.42 Å². The van der Waals surface area contributed by atoms with Gasteiger partial charge in [-0.3, -0.25) is 9.69 Å². The highest BCUT2D eigenvalue weighted by Crippen LogP contribution is 2.26. The molecule has 0 bridgehead atoms. The molecule has 116 valence electrons. The van der Waals surface area contributed by atoms with E-state index in [2.05, 4.69) is 18.7 Å². The topological polar surface area (TPSA) is 43.8 Å². The van der Waals surface area contributed by atoms with Crippen molar-refractivity contribution in [2.45, 2.75) is 45.6 Å². The molecule has 1 saturated heterocycles. The van der Waals surface area contributed by atoms with Crippen LogP contribution in [-0.2, 0) is 4.79 Å². The normalized spacial score (nSPS) is 34.8. The molecule has 2 rings (SSSR count). The van der Waals surface area contributed by atoms with Crippen molar-refractivity contribution in [2.24, 2.45) is 17.8 Å². The lowest BCUT2D eigenvalue weighted by Gasteiger charge is -2.36. The maximum atomic E-state index is 12.4. The number of likely N-dealkylation sites (N-methyl/N-ethyl adjacent to an activating group) is 1. The molecule has 0 aromatic heterocycles. The fraction of sp³-hybridized carbons (Fsp3) is 0.938. The average molecular weight is 282 g/mol. The Kier molecular flexibility index (Phi) is 5.44. The summed E-state index contributed by atoms with van der Waals surface area (Å²) in [6, 6.07) is 0. The maximum Gasteiger partial charge on any atom is 0.236 e. The lowest BCUT2D eigenvalue weighted by Crippen LogP contribution is -2.47. The van der Waals surface area contributed by atoms with Gasteiger partial charge in [-0.05, 0) is 44.1 Å². The molecule has 2 fully saturated rings. The zero-order valence-corrected chi connectivity index (χ0v) is 13.2. The van der Waals surface area contributed by atoms with Gasteiger partial charge in [0.1, 0.15) is 0 Å². The van der Waals surface area contributed by atoms with Crippen molar-refractivity contribution in [3.63, 3.8) is 0 Å². The van der Waals surface area contributed by atoms with Crippen LogP contribution in [0.5, 0.6) is 0 Å². The number of carbonyl (C=O) groups is 1. The zero-order chi connectivity index (χ0) is 14.7. The molecule has 1 amide bonds. The van der Waals surface area contributed by atoms with Gasteiger partial charge < -0.3 is 10.0 Å². The fourth-order valence-electron chi connectivity index (χ4n) is 3.89. The molecule has 0 aromatic rings. The highest BCUT2D eigenvalue weighted by atomic mass is 16.3. The number of rotatable bonds is 4. The standard InChI is InChI=1S/C16H30N2O2/c1-12-7-13(2)9-18(8-12)16(20)11-17(3)10-14-5-4-6-15(14)19/h12-15,19H,4-11H2,1-3H3. The molecule has 1 aliphatic carbocycles. The number of likely N-dealkylation sites (tertiary alicyclic amines) is 1. The number of aliphatic hydroxyl groups excluding tert-OH is 1. The molecule has 2 aliphatic rings. The number of piperidine rings is 1. The molecular weight excluding hydrogens is 252 g/mol. The Morgan fingerprint density at radius 3 is 2.45 bits per heavy atom. The maximum absolute atomic E-state index is 12.4. The zero-order valence-electron chi connectivity index (χ0n) is 13.2. The Labute approximate surface area is 123 Å². The largest absolute Gasteiger partial charge is 0.393 e. The van der Waals surface area contributed by atoms with Gasteiger partial charge in [0.2, 0.25) is 5.91 Å². The van der Waals surface area contributed by atoms with Crippen LogP contribution < -0.4 is 0 Å². The van der Waals surface area contributed by atoms with Crippen LogP contribution in [-0.4, -0.2) is 60.1 Å². The van der Waals surface area contributed by atoms with Crippen molar-refractivity contribution in [3.05, 3.63) is 0 Å². The molecule has 4 atom stereocenters. The van der Waals surface area contributed by atoms with Crippen molar-refractivity contribution in [1.29, 1.82) is 0 Å². The van der Waals surface area contributed by atoms with Crippen LogP contribution >= 0.6 is 0 Å². The Morgan fingerprint density at radius 2 is 1.90 bits per heavy atom. The Balaban J connectivity index is 1.78. The van der Waals surface area contributed by atoms with Crippen LogP contribution in [0.4, 0.5) is 0 Å².